The number of fused-ring (bicyclic) bond motifs is 1. The van der Waals surface area contributed by atoms with Crippen LogP contribution in [0.4, 0.5) is 32.4 Å². The number of nitrogens with zero attached hydrogens (tertiary/aromatic N) is 1. The van der Waals surface area contributed by atoms with Crippen molar-refractivity contribution in [2.45, 2.75) is 43.0 Å². The lowest BCUT2D eigenvalue weighted by atomic mass is 9.81. The quantitative estimate of drug-likeness (QED) is 0.229. The molecule has 1 saturated carbocycles. The number of aromatic nitrogens is 1. The fourth-order valence-corrected chi connectivity index (χ4v) is 4.80. The largest absolute Gasteiger partial charge is 0.489 e. The third kappa shape index (κ3) is 6.09. The van der Waals surface area contributed by atoms with E-state index in [9.17, 15) is 41.4 Å². The van der Waals surface area contributed by atoms with E-state index in [0.717, 1.165) is 55.3 Å². The lowest BCUT2D eigenvalue weighted by molar-refractivity contribution is -0.265. The molecule has 10 nitrogen and oxygen atoms in total. The Balaban J connectivity index is 1.51. The Labute approximate surface area is 257 Å². The Kier molecular flexibility index (Phi) is 8.12. The van der Waals surface area contributed by atoms with Gasteiger partial charge in [-0.2, -0.15) is 13.2 Å². The molecular formula is C29H25ClF5N5O5. The van der Waals surface area contributed by atoms with Gasteiger partial charge in [-0.05, 0) is 62.2 Å². The van der Waals surface area contributed by atoms with Crippen LogP contribution in [0.15, 0.2) is 42.5 Å². The van der Waals surface area contributed by atoms with Gasteiger partial charge in [0.1, 0.15) is 35.1 Å². The molecule has 3 aromatic rings. The number of hydrogen-bond acceptors (Lipinski definition) is 6. The van der Waals surface area contributed by atoms with Crippen LogP contribution in [0.5, 0.6) is 5.75 Å². The fourth-order valence-electron chi connectivity index (χ4n) is 4.62. The molecule has 1 aromatic heterocycles. The third-order valence-electron chi connectivity index (χ3n) is 7.60. The minimum absolute atomic E-state index is 0.00107. The number of amides is 4. The molecule has 1 unspecified atom stereocenters. The summed E-state index contributed by atoms with van der Waals surface area (Å²) in [6.07, 6.45) is -3.95. The van der Waals surface area contributed by atoms with Crippen LogP contribution in [0.1, 0.15) is 41.4 Å². The summed E-state index contributed by atoms with van der Waals surface area (Å²) in [7, 11) is 0. The van der Waals surface area contributed by atoms with Gasteiger partial charge in [-0.15, -0.1) is 0 Å². The number of nitrogens with one attached hydrogen (secondary N) is 3. The van der Waals surface area contributed by atoms with Crippen LogP contribution in [0.25, 0.3) is 11.3 Å². The molecule has 0 radical (unpaired) electrons. The summed E-state index contributed by atoms with van der Waals surface area (Å²) < 4.78 is 77.7. The van der Waals surface area contributed by atoms with Crippen LogP contribution >= 0.6 is 11.6 Å². The maximum atomic E-state index is 14.6. The molecule has 238 valence electrons. The van der Waals surface area contributed by atoms with Crippen LogP contribution in [0.2, 0.25) is 5.02 Å². The minimum Gasteiger partial charge on any atom is -0.489 e. The number of halogens is 6. The molecule has 5 rings (SSSR count). The van der Waals surface area contributed by atoms with Gasteiger partial charge >= 0.3 is 12.2 Å². The average Bonchev–Trinajstić information content (AvgIpc) is 3.72. The second kappa shape index (κ2) is 11.5. The zero-order chi connectivity index (χ0) is 32.9. The van der Waals surface area contributed by atoms with Gasteiger partial charge in [0.25, 0.3) is 5.91 Å². The number of nitrogens with two attached hydrogens (primary N) is 1. The monoisotopic (exact) mass is 653 g/mol. The first-order chi connectivity index (χ1) is 21.0. The van der Waals surface area contributed by atoms with E-state index >= 15 is 0 Å². The molecule has 0 bridgehead atoms. The topological polar surface area (TPSA) is 156 Å². The van der Waals surface area contributed by atoms with Gasteiger partial charge in [-0.25, -0.2) is 18.6 Å². The van der Waals surface area contributed by atoms with Gasteiger partial charge < -0.3 is 31.5 Å². The van der Waals surface area contributed by atoms with Gasteiger partial charge in [0.15, 0.2) is 0 Å². The highest BCUT2D eigenvalue weighted by Gasteiger charge is 2.57. The number of pyridine rings is 1. The van der Waals surface area contributed by atoms with Crippen molar-refractivity contribution < 1.29 is 46.2 Å². The van der Waals surface area contributed by atoms with Gasteiger partial charge in [0.05, 0.1) is 22.9 Å². The van der Waals surface area contributed by atoms with Crippen LogP contribution in [0, 0.1) is 11.6 Å². The summed E-state index contributed by atoms with van der Waals surface area (Å²) in [6, 6.07) is 5.93. The molecular weight excluding hydrogens is 629 g/mol. The lowest BCUT2D eigenvalue weighted by Crippen LogP contribution is -2.51. The van der Waals surface area contributed by atoms with Crippen LogP contribution in [-0.2, 0) is 15.8 Å². The summed E-state index contributed by atoms with van der Waals surface area (Å²) in [5.74, 6) is -3.96. The van der Waals surface area contributed by atoms with E-state index in [-0.39, 0.29) is 45.8 Å². The van der Waals surface area contributed by atoms with E-state index in [0.29, 0.717) is 0 Å². The predicted molar refractivity (Wildman–Crippen MR) is 151 cm³/mol. The van der Waals surface area contributed by atoms with E-state index in [2.05, 4.69) is 15.6 Å². The standard InChI is InChI=1S/C29H25ClF5N5O5/c1-27(25(36)42)12-45-23-16(27)10-21(40-22(23)13-2-6-18(31)17(30)8-13)28(44,29(33,34)35)11-37-24(41)14-3-7-19(32)20(9-14)39-26(43)38-15-4-5-15/h2-3,6-10,15,44H,4-5,11-12H2,1H3,(H2,36,42)(H,37,41)(H2,38,39,43)/t27-,28?/m0/s1. The molecule has 4 amide bonds. The van der Waals surface area contributed by atoms with E-state index in [1.165, 1.54) is 6.92 Å². The highest BCUT2D eigenvalue weighted by atomic mass is 35.5. The maximum Gasteiger partial charge on any atom is 0.424 e. The van der Waals surface area contributed by atoms with Crippen molar-refractivity contribution in [3.05, 3.63) is 75.9 Å². The Morgan fingerprint density at radius 2 is 1.80 bits per heavy atom. The average molecular weight is 654 g/mol. The van der Waals surface area contributed by atoms with E-state index in [1.807, 2.05) is 5.32 Å². The summed E-state index contributed by atoms with van der Waals surface area (Å²) in [6.45, 7) is -0.529. The number of urea groups is 1. The maximum absolute atomic E-state index is 14.6. The number of carbonyl (C=O) groups excluding carboxylic acids is 3. The second-order valence-corrected chi connectivity index (χ2v) is 11.4. The van der Waals surface area contributed by atoms with Crippen molar-refractivity contribution >= 4 is 35.1 Å². The molecule has 1 aliphatic heterocycles. The summed E-state index contributed by atoms with van der Waals surface area (Å²) >= 11 is 5.89. The molecule has 6 N–H and O–H groups in total. The van der Waals surface area contributed by atoms with Gasteiger partial charge in [0, 0.05) is 22.7 Å². The number of alkyl halides is 3. The van der Waals surface area contributed by atoms with E-state index in [4.69, 9.17) is 22.1 Å². The number of rotatable bonds is 8. The van der Waals surface area contributed by atoms with Gasteiger partial charge in [0.2, 0.25) is 11.5 Å². The Bertz CT molecular complexity index is 1720. The molecule has 2 aliphatic rings. The zero-order valence-electron chi connectivity index (χ0n) is 23.3. The molecule has 16 heteroatoms. The first-order valence-electron chi connectivity index (χ1n) is 13.4. The number of hydrogen-bond donors (Lipinski definition) is 5. The number of benzene rings is 2. The molecule has 0 spiro atoms. The van der Waals surface area contributed by atoms with Gasteiger partial charge in [-0.1, -0.05) is 11.6 Å². The zero-order valence-corrected chi connectivity index (χ0v) is 24.1. The van der Waals surface area contributed by atoms with Crippen LogP contribution < -0.4 is 26.4 Å². The van der Waals surface area contributed by atoms with Crippen molar-refractivity contribution in [1.82, 2.24) is 15.6 Å². The summed E-state index contributed by atoms with van der Waals surface area (Å²) in [5, 5.41) is 17.6. The van der Waals surface area contributed by atoms with Crippen molar-refractivity contribution in [3.63, 3.8) is 0 Å². The van der Waals surface area contributed by atoms with Crippen molar-refractivity contribution in [2.24, 2.45) is 5.73 Å². The smallest absolute Gasteiger partial charge is 0.424 e. The van der Waals surface area contributed by atoms with E-state index < -0.39 is 64.6 Å². The highest BCUT2D eigenvalue weighted by molar-refractivity contribution is 6.31. The summed E-state index contributed by atoms with van der Waals surface area (Å²) in [5.41, 5.74) is -2.16. The molecule has 45 heavy (non-hydrogen) atoms. The fraction of sp³-hybridized carbons (Fsp3) is 0.310. The van der Waals surface area contributed by atoms with E-state index in [1.54, 1.807) is 0 Å². The molecule has 0 saturated heterocycles. The predicted octanol–water partition coefficient (Wildman–Crippen LogP) is 4.28. The molecule has 2 heterocycles. The third-order valence-corrected chi connectivity index (χ3v) is 7.89. The van der Waals surface area contributed by atoms with Crippen molar-refractivity contribution in [1.29, 1.82) is 0 Å². The first kappa shape index (κ1) is 31.9. The molecule has 2 atom stereocenters. The number of ether oxygens (including phenoxy) is 1. The number of carbonyl (C=O) groups is 3. The number of primary amides is 1. The van der Waals surface area contributed by atoms with Crippen molar-refractivity contribution in [2.75, 3.05) is 18.5 Å². The lowest BCUT2D eigenvalue weighted by Gasteiger charge is -2.31. The SMILES string of the molecule is C[C@]1(C(N)=O)COc2c1cc(C(O)(CNC(=O)c1ccc(F)c(NC(=O)NC3CC3)c1)C(F)(F)F)nc2-c1ccc(F)c(Cl)c1. The Morgan fingerprint density at radius 1 is 1.11 bits per heavy atom. The van der Waals surface area contributed by atoms with Crippen molar-refractivity contribution in [3.8, 4) is 17.0 Å². The number of anilines is 1. The molecule has 2 aromatic carbocycles. The highest BCUT2D eigenvalue weighted by Crippen LogP contribution is 2.48. The van der Waals surface area contributed by atoms with Gasteiger partial charge in [-0.3, -0.25) is 9.59 Å². The molecule has 1 fully saturated rings. The minimum atomic E-state index is -5.46. The molecule has 1 aliphatic carbocycles. The summed E-state index contributed by atoms with van der Waals surface area (Å²) in [4.78, 5) is 41.4. The number of aliphatic hydroxyl groups is 1. The van der Waals surface area contributed by atoms with Crippen LogP contribution in [0.3, 0.4) is 0 Å². The Hall–Kier alpha value is -4.50. The van der Waals surface area contributed by atoms with Crippen LogP contribution in [-0.4, -0.2) is 53.3 Å². The normalized spacial score (nSPS) is 18.8. The Morgan fingerprint density at radius 3 is 2.42 bits per heavy atom. The second-order valence-electron chi connectivity index (χ2n) is 11.0. The first-order valence-corrected chi connectivity index (χ1v) is 13.8.